The molecule has 0 spiro atoms. The van der Waals surface area contributed by atoms with Crippen LogP contribution in [0.15, 0.2) is 45.7 Å². The topological polar surface area (TPSA) is 116 Å². The molecule has 8 nitrogen and oxygen atoms in total. The highest BCUT2D eigenvalue weighted by Crippen LogP contribution is 2.24. The third-order valence-corrected chi connectivity index (χ3v) is 5.22. The zero-order valence-electron chi connectivity index (χ0n) is 16.9. The van der Waals surface area contributed by atoms with Crippen LogP contribution >= 0.6 is 15.9 Å². The van der Waals surface area contributed by atoms with Gasteiger partial charge in [0.05, 0.1) is 11.3 Å². The highest BCUT2D eigenvalue weighted by atomic mass is 79.9. The Morgan fingerprint density at radius 2 is 1.94 bits per heavy atom. The van der Waals surface area contributed by atoms with E-state index in [1.54, 1.807) is 0 Å². The highest BCUT2D eigenvalue weighted by Gasteiger charge is 2.21. The lowest BCUT2D eigenvalue weighted by atomic mass is 10.1. The van der Waals surface area contributed by atoms with E-state index in [2.05, 4.69) is 26.2 Å². The number of amides is 2. The van der Waals surface area contributed by atoms with Crippen LogP contribution in [-0.2, 0) is 6.61 Å². The Balaban J connectivity index is 2.08. The summed E-state index contributed by atoms with van der Waals surface area (Å²) in [6.45, 7) is 1.19. The first-order chi connectivity index (χ1) is 15.1. The number of benzene rings is 2. The van der Waals surface area contributed by atoms with Crippen molar-refractivity contribution in [3.8, 4) is 11.6 Å². The Bertz CT molecular complexity index is 1290. The van der Waals surface area contributed by atoms with Crippen LogP contribution in [0.4, 0.5) is 8.78 Å². The number of nitrogens with one attached hydrogen (secondary N) is 1. The molecule has 1 heterocycles. The van der Waals surface area contributed by atoms with Gasteiger partial charge >= 0.3 is 0 Å². The number of aryl methyl sites for hydroxylation is 1. The van der Waals surface area contributed by atoms with Crippen molar-refractivity contribution < 1.29 is 23.1 Å². The van der Waals surface area contributed by atoms with Crippen LogP contribution in [0.2, 0.25) is 0 Å². The maximum Gasteiger partial charge on any atom is 0.276 e. The number of ether oxygens (including phenoxy) is 1. The Kier molecular flexibility index (Phi) is 6.68. The summed E-state index contributed by atoms with van der Waals surface area (Å²) >= 11 is 3.13. The van der Waals surface area contributed by atoms with Crippen LogP contribution < -0.4 is 21.3 Å². The number of primary amides is 1. The van der Waals surface area contributed by atoms with Crippen molar-refractivity contribution in [3.63, 3.8) is 0 Å². The summed E-state index contributed by atoms with van der Waals surface area (Å²) in [5, 5.41) is 2.46. The minimum atomic E-state index is -0.801. The molecule has 166 valence electrons. The van der Waals surface area contributed by atoms with Crippen LogP contribution in [0.3, 0.4) is 0 Å². The lowest BCUT2D eigenvalue weighted by Crippen LogP contribution is -2.28. The number of hydrogen-bond donors (Lipinski definition) is 2. The standard InChI is InChI=1S/C21H17BrF2N4O4/c1-10-27-20(32-9-12-3-5-13(23)8-15(12)24)17(22)21(31)28(10)16-7-11(18(25)29)4-6-14(16)19(30)26-2/h3-8H,9H2,1-2H3,(H2,25,29)(H,26,30). The van der Waals surface area contributed by atoms with Gasteiger partial charge in [-0.15, -0.1) is 0 Å². The molecular formula is C21H17BrF2N4O4. The number of nitrogens with two attached hydrogens (primary N) is 1. The first-order valence-electron chi connectivity index (χ1n) is 9.16. The molecular weight excluding hydrogens is 490 g/mol. The molecule has 0 radical (unpaired) electrons. The molecule has 32 heavy (non-hydrogen) atoms. The molecule has 0 bridgehead atoms. The number of halogens is 3. The fourth-order valence-corrected chi connectivity index (χ4v) is 3.32. The van der Waals surface area contributed by atoms with Crippen molar-refractivity contribution >= 4 is 27.7 Å². The maximum atomic E-state index is 13.9. The first kappa shape index (κ1) is 23.1. The largest absolute Gasteiger partial charge is 0.472 e. The molecule has 0 atom stereocenters. The Morgan fingerprint density at radius 3 is 2.56 bits per heavy atom. The smallest absolute Gasteiger partial charge is 0.276 e. The molecule has 0 fully saturated rings. The van der Waals surface area contributed by atoms with Crippen molar-refractivity contribution in [1.29, 1.82) is 0 Å². The molecule has 3 aromatic rings. The minimum absolute atomic E-state index is 0.0676. The van der Waals surface area contributed by atoms with Gasteiger partial charge in [0.25, 0.3) is 11.5 Å². The van der Waals surface area contributed by atoms with Crippen LogP contribution in [0.25, 0.3) is 5.69 Å². The van der Waals surface area contributed by atoms with Crippen molar-refractivity contribution in [2.75, 3.05) is 7.05 Å². The average Bonchev–Trinajstić information content (AvgIpc) is 2.75. The molecule has 0 saturated carbocycles. The highest BCUT2D eigenvalue weighted by molar-refractivity contribution is 9.10. The SMILES string of the molecule is CNC(=O)c1ccc(C(N)=O)cc1-n1c(C)nc(OCc2ccc(F)cc2F)c(Br)c1=O. The summed E-state index contributed by atoms with van der Waals surface area (Å²) in [5.41, 5.74) is 5.05. The third-order valence-electron chi connectivity index (χ3n) is 4.54. The van der Waals surface area contributed by atoms with Crippen LogP contribution in [0, 0.1) is 18.6 Å². The fraction of sp³-hybridized carbons (Fsp3) is 0.143. The molecule has 3 rings (SSSR count). The molecule has 3 N–H and O–H groups in total. The van der Waals surface area contributed by atoms with E-state index in [1.807, 2.05) is 0 Å². The summed E-state index contributed by atoms with van der Waals surface area (Å²) in [4.78, 5) is 41.3. The Morgan fingerprint density at radius 1 is 1.22 bits per heavy atom. The van der Waals surface area contributed by atoms with E-state index >= 15 is 0 Å². The van der Waals surface area contributed by atoms with E-state index in [4.69, 9.17) is 10.5 Å². The molecule has 0 aliphatic heterocycles. The van der Waals surface area contributed by atoms with Gasteiger partial charge in [0, 0.05) is 24.2 Å². The summed E-state index contributed by atoms with van der Waals surface area (Å²) < 4.78 is 33.4. The molecule has 1 aromatic heterocycles. The van der Waals surface area contributed by atoms with E-state index in [9.17, 15) is 23.2 Å². The van der Waals surface area contributed by atoms with Crippen molar-refractivity contribution in [2.45, 2.75) is 13.5 Å². The third kappa shape index (κ3) is 4.52. The molecule has 0 aliphatic carbocycles. The van der Waals surface area contributed by atoms with Gasteiger partial charge in [-0.2, -0.15) is 4.98 Å². The normalized spacial score (nSPS) is 10.7. The van der Waals surface area contributed by atoms with Gasteiger partial charge < -0.3 is 15.8 Å². The van der Waals surface area contributed by atoms with Gasteiger partial charge in [-0.3, -0.25) is 19.0 Å². The summed E-state index contributed by atoms with van der Waals surface area (Å²) in [6.07, 6.45) is 0. The minimum Gasteiger partial charge on any atom is -0.472 e. The second-order valence-corrected chi connectivity index (χ2v) is 7.41. The van der Waals surface area contributed by atoms with E-state index < -0.39 is 29.0 Å². The Hall–Kier alpha value is -3.60. The molecule has 2 amide bonds. The number of hydrogen-bond acceptors (Lipinski definition) is 5. The van der Waals surface area contributed by atoms with Gasteiger partial charge in [-0.05, 0) is 53.2 Å². The van der Waals surface area contributed by atoms with Gasteiger partial charge in [0.2, 0.25) is 11.8 Å². The monoisotopic (exact) mass is 506 g/mol. The molecule has 2 aromatic carbocycles. The fourth-order valence-electron chi connectivity index (χ4n) is 2.94. The second kappa shape index (κ2) is 9.27. The predicted molar refractivity (Wildman–Crippen MR) is 115 cm³/mol. The van der Waals surface area contributed by atoms with Gasteiger partial charge in [0.1, 0.15) is 28.5 Å². The summed E-state index contributed by atoms with van der Waals surface area (Å²) in [5.74, 6) is -2.77. The average molecular weight is 507 g/mol. The molecule has 0 saturated heterocycles. The summed E-state index contributed by atoms with van der Waals surface area (Å²) in [7, 11) is 1.42. The van der Waals surface area contributed by atoms with Crippen molar-refractivity contribution in [2.24, 2.45) is 5.73 Å². The summed E-state index contributed by atoms with van der Waals surface area (Å²) in [6, 6.07) is 7.07. The van der Waals surface area contributed by atoms with Crippen LogP contribution in [-0.4, -0.2) is 28.4 Å². The van der Waals surface area contributed by atoms with Crippen LogP contribution in [0.5, 0.6) is 5.88 Å². The van der Waals surface area contributed by atoms with E-state index in [-0.39, 0.29) is 45.2 Å². The van der Waals surface area contributed by atoms with Gasteiger partial charge in [-0.1, -0.05) is 0 Å². The first-order valence-corrected chi connectivity index (χ1v) is 9.95. The number of aromatic nitrogens is 2. The van der Waals surface area contributed by atoms with E-state index in [1.165, 1.54) is 38.2 Å². The van der Waals surface area contributed by atoms with Crippen molar-refractivity contribution in [3.05, 3.63) is 85.4 Å². The number of rotatable bonds is 6. The zero-order chi connectivity index (χ0) is 23.6. The lowest BCUT2D eigenvalue weighted by molar-refractivity contribution is 0.0959. The van der Waals surface area contributed by atoms with E-state index in [0.29, 0.717) is 0 Å². The molecule has 11 heteroatoms. The molecule has 0 unspecified atom stereocenters. The lowest BCUT2D eigenvalue weighted by Gasteiger charge is -2.16. The zero-order valence-corrected chi connectivity index (χ0v) is 18.5. The van der Waals surface area contributed by atoms with E-state index in [0.717, 1.165) is 16.7 Å². The predicted octanol–water partition coefficient (Wildman–Crippen LogP) is 2.62. The number of nitrogens with zero attached hydrogens (tertiary/aromatic N) is 2. The number of carbonyl (C=O) groups is 2. The number of carbonyl (C=O) groups excluding carboxylic acids is 2. The second-order valence-electron chi connectivity index (χ2n) is 6.62. The van der Waals surface area contributed by atoms with Crippen molar-refractivity contribution in [1.82, 2.24) is 14.9 Å². The van der Waals surface area contributed by atoms with Gasteiger partial charge in [-0.25, -0.2) is 8.78 Å². The quantitative estimate of drug-likeness (QED) is 0.532. The maximum absolute atomic E-state index is 13.9. The molecule has 0 aliphatic rings. The Labute approximate surface area is 189 Å². The van der Waals surface area contributed by atoms with Gasteiger partial charge in [0.15, 0.2) is 0 Å². The van der Waals surface area contributed by atoms with Crippen LogP contribution in [0.1, 0.15) is 32.1 Å².